The maximum atomic E-state index is 13.7. The van der Waals surface area contributed by atoms with Gasteiger partial charge < -0.3 is 25.6 Å². The molecule has 0 bridgehead atoms. The van der Waals surface area contributed by atoms with E-state index in [1.54, 1.807) is 48.8 Å². The number of ether oxygens (including phenoxy) is 1. The van der Waals surface area contributed by atoms with Gasteiger partial charge in [-0.15, -0.1) is 11.3 Å². The molecule has 0 saturated heterocycles. The quantitative estimate of drug-likeness (QED) is 0.0880. The molecule has 0 saturated carbocycles. The first kappa shape index (κ1) is 38.8. The van der Waals surface area contributed by atoms with Gasteiger partial charge in [0.15, 0.2) is 11.9 Å². The Morgan fingerprint density at radius 2 is 1.45 bits per heavy atom. The van der Waals surface area contributed by atoms with E-state index < -0.39 is 36.0 Å². The van der Waals surface area contributed by atoms with Crippen molar-refractivity contribution in [2.75, 3.05) is 6.61 Å². The molecule has 2 aromatic heterocycles. The number of hydrogen-bond acceptors (Lipinski definition) is 8. The van der Waals surface area contributed by atoms with Crippen LogP contribution in [-0.4, -0.2) is 56.7 Å². The fourth-order valence-electron chi connectivity index (χ4n) is 5.48. The molecular formula is C42H46N4O6S. The first-order valence-electron chi connectivity index (χ1n) is 17.6. The van der Waals surface area contributed by atoms with E-state index in [1.165, 1.54) is 11.3 Å². The second-order valence-electron chi connectivity index (χ2n) is 14.4. The molecule has 3 aromatic carbocycles. The summed E-state index contributed by atoms with van der Waals surface area (Å²) in [7, 11) is 0. The number of carboxylic acid groups (broad SMARTS) is 1. The first-order valence-corrected chi connectivity index (χ1v) is 18.4. The highest BCUT2D eigenvalue weighted by Crippen LogP contribution is 2.30. The van der Waals surface area contributed by atoms with Gasteiger partial charge in [-0.3, -0.25) is 9.59 Å². The molecule has 4 N–H and O–H groups in total. The normalized spacial score (nSPS) is 13.2. The number of aliphatic hydroxyl groups is 1. The molecule has 276 valence electrons. The lowest BCUT2D eigenvalue weighted by Gasteiger charge is -2.24. The number of nitrogens with one attached hydrogen (secondary N) is 2. The minimum atomic E-state index is -1.65. The number of hydrogen-bond donors (Lipinski definition) is 4. The summed E-state index contributed by atoms with van der Waals surface area (Å²) in [5, 5.41) is 26.1. The first-order chi connectivity index (χ1) is 25.3. The van der Waals surface area contributed by atoms with Crippen LogP contribution >= 0.6 is 11.3 Å². The number of nitrogens with zero attached hydrogens (tertiary/aromatic N) is 2. The third-order valence-electron chi connectivity index (χ3n) is 8.67. The fourth-order valence-corrected chi connectivity index (χ4v) is 6.45. The van der Waals surface area contributed by atoms with Gasteiger partial charge in [-0.05, 0) is 58.7 Å². The zero-order valence-electron chi connectivity index (χ0n) is 30.6. The topological polar surface area (TPSA) is 151 Å². The second-order valence-corrected chi connectivity index (χ2v) is 15.5. The Kier molecular flexibility index (Phi) is 12.8. The van der Waals surface area contributed by atoms with Crippen LogP contribution in [0.5, 0.6) is 5.75 Å². The Labute approximate surface area is 314 Å². The number of amides is 2. The van der Waals surface area contributed by atoms with Crippen LogP contribution in [0.4, 0.5) is 0 Å². The van der Waals surface area contributed by atoms with Gasteiger partial charge in [-0.1, -0.05) is 101 Å². The monoisotopic (exact) mass is 734 g/mol. The Bertz CT molecular complexity index is 1970. The number of carboxylic acids is 1. The van der Waals surface area contributed by atoms with Crippen LogP contribution in [0.15, 0.2) is 103 Å². The summed E-state index contributed by atoms with van der Waals surface area (Å²) in [6, 6.07) is 24.2. The van der Waals surface area contributed by atoms with E-state index in [0.717, 1.165) is 33.7 Å². The zero-order valence-corrected chi connectivity index (χ0v) is 31.4. The number of benzene rings is 3. The van der Waals surface area contributed by atoms with Gasteiger partial charge in [0.1, 0.15) is 17.9 Å². The minimum absolute atomic E-state index is 0.0557. The van der Waals surface area contributed by atoms with Crippen LogP contribution < -0.4 is 15.4 Å². The molecule has 3 atom stereocenters. The number of aliphatic hydroxyl groups excluding tert-OH is 1. The summed E-state index contributed by atoms with van der Waals surface area (Å²) < 4.78 is 5.83. The number of carbonyl (C=O) groups excluding carboxylic acids is 2. The Morgan fingerprint density at radius 1 is 0.811 bits per heavy atom. The van der Waals surface area contributed by atoms with Crippen molar-refractivity contribution in [2.45, 2.75) is 71.1 Å². The summed E-state index contributed by atoms with van der Waals surface area (Å²) in [5.41, 5.74) is 3.46. The van der Waals surface area contributed by atoms with Crippen LogP contribution in [0.25, 0.3) is 22.5 Å². The molecule has 2 heterocycles. The molecule has 0 aliphatic heterocycles. The summed E-state index contributed by atoms with van der Waals surface area (Å²) in [6.07, 6.45) is 3.06. The van der Waals surface area contributed by atoms with Crippen molar-refractivity contribution < 1.29 is 29.3 Å². The third-order valence-corrected chi connectivity index (χ3v) is 10.2. The smallest absolute Gasteiger partial charge is 0.329 e. The summed E-state index contributed by atoms with van der Waals surface area (Å²) in [6.45, 7) is 11.2. The van der Waals surface area contributed by atoms with Crippen LogP contribution in [-0.2, 0) is 21.4 Å². The predicted octanol–water partition coefficient (Wildman–Crippen LogP) is 7.24. The second kappa shape index (κ2) is 17.4. The molecule has 53 heavy (non-hydrogen) atoms. The molecular weight excluding hydrogens is 689 g/mol. The number of thiophene rings is 1. The standard InChI is InChI=1S/C42H46N4O6S/c1-26(2)21-22-52-32-17-15-28(16-18-32)31-24-43-38(44-25-31)30-13-11-27(12-14-30)23-33(45-40(49)34-19-20-35(53-34)42(3,4)5)39(48)46-36(41(50)51)37(47)29-9-7-6-8-10-29/h6-20,24-26,33,36-37,47H,21-23H2,1-5H3,(H,45,49)(H,46,48)(H,50,51). The summed E-state index contributed by atoms with van der Waals surface area (Å²) in [4.78, 5) is 50.0. The molecule has 10 nitrogen and oxygen atoms in total. The van der Waals surface area contributed by atoms with Crippen molar-refractivity contribution >= 4 is 29.1 Å². The van der Waals surface area contributed by atoms with Crippen molar-refractivity contribution in [2.24, 2.45) is 5.92 Å². The molecule has 0 aliphatic rings. The summed E-state index contributed by atoms with van der Waals surface area (Å²) >= 11 is 1.33. The van der Waals surface area contributed by atoms with Crippen molar-refractivity contribution in [3.63, 3.8) is 0 Å². The van der Waals surface area contributed by atoms with Gasteiger partial charge in [0.2, 0.25) is 5.91 Å². The average Bonchev–Trinajstić information content (AvgIpc) is 3.66. The number of carbonyl (C=O) groups is 3. The fraction of sp³-hybridized carbons (Fsp3) is 0.310. The van der Waals surface area contributed by atoms with Gasteiger partial charge in [0.25, 0.3) is 5.91 Å². The molecule has 0 fully saturated rings. The van der Waals surface area contributed by atoms with Crippen LogP contribution in [0.1, 0.15) is 72.8 Å². The van der Waals surface area contributed by atoms with Crippen molar-refractivity contribution in [1.29, 1.82) is 0 Å². The van der Waals surface area contributed by atoms with E-state index in [-0.39, 0.29) is 11.8 Å². The van der Waals surface area contributed by atoms with Crippen molar-refractivity contribution in [3.05, 3.63) is 124 Å². The lowest BCUT2D eigenvalue weighted by molar-refractivity contribution is -0.145. The van der Waals surface area contributed by atoms with Crippen LogP contribution in [0.2, 0.25) is 0 Å². The van der Waals surface area contributed by atoms with Crippen LogP contribution in [0, 0.1) is 5.92 Å². The van der Waals surface area contributed by atoms with Gasteiger partial charge in [-0.25, -0.2) is 14.8 Å². The average molecular weight is 735 g/mol. The van der Waals surface area contributed by atoms with E-state index in [2.05, 4.69) is 34.4 Å². The van der Waals surface area contributed by atoms with Gasteiger partial charge >= 0.3 is 5.97 Å². The van der Waals surface area contributed by atoms with E-state index in [9.17, 15) is 24.6 Å². The lowest BCUT2D eigenvalue weighted by atomic mass is 9.95. The predicted molar refractivity (Wildman–Crippen MR) is 207 cm³/mol. The third kappa shape index (κ3) is 10.6. The molecule has 5 rings (SSSR count). The zero-order chi connectivity index (χ0) is 38.1. The number of rotatable bonds is 15. The highest BCUT2D eigenvalue weighted by atomic mass is 32.1. The van der Waals surface area contributed by atoms with E-state index in [1.807, 2.05) is 75.4 Å². The van der Waals surface area contributed by atoms with Crippen molar-refractivity contribution in [1.82, 2.24) is 20.6 Å². The maximum absolute atomic E-state index is 13.7. The molecule has 0 spiro atoms. The van der Waals surface area contributed by atoms with Crippen molar-refractivity contribution in [3.8, 4) is 28.3 Å². The Morgan fingerprint density at radius 3 is 2.04 bits per heavy atom. The molecule has 0 radical (unpaired) electrons. The molecule has 3 unspecified atom stereocenters. The van der Waals surface area contributed by atoms with Gasteiger partial charge in [0.05, 0.1) is 11.5 Å². The molecule has 11 heteroatoms. The number of aromatic nitrogens is 2. The van der Waals surface area contributed by atoms with E-state index in [0.29, 0.717) is 34.4 Å². The Balaban J connectivity index is 1.31. The van der Waals surface area contributed by atoms with Gasteiger partial charge in [-0.2, -0.15) is 0 Å². The van der Waals surface area contributed by atoms with Crippen LogP contribution in [0.3, 0.4) is 0 Å². The largest absolute Gasteiger partial charge is 0.494 e. The summed E-state index contributed by atoms with van der Waals surface area (Å²) in [5.74, 6) is -0.699. The molecule has 2 amide bonds. The molecule has 0 aliphatic carbocycles. The molecule has 5 aromatic rings. The minimum Gasteiger partial charge on any atom is -0.494 e. The van der Waals surface area contributed by atoms with E-state index >= 15 is 0 Å². The van der Waals surface area contributed by atoms with Gasteiger partial charge in [0, 0.05) is 34.8 Å². The Hall–Kier alpha value is -5.39. The number of aliphatic carboxylic acids is 1. The SMILES string of the molecule is CC(C)CCOc1ccc(-c2cnc(-c3ccc(CC(NC(=O)c4ccc(C(C)(C)C)s4)C(=O)NC(C(=O)O)C(O)c4ccccc4)cc3)nc2)cc1. The maximum Gasteiger partial charge on any atom is 0.329 e. The highest BCUT2D eigenvalue weighted by molar-refractivity contribution is 7.14. The lowest BCUT2D eigenvalue weighted by Crippen LogP contribution is -2.54. The van der Waals surface area contributed by atoms with E-state index in [4.69, 9.17) is 4.74 Å². The highest BCUT2D eigenvalue weighted by Gasteiger charge is 2.33.